The van der Waals surface area contributed by atoms with E-state index in [1.807, 2.05) is 30.3 Å². The molecule has 0 aliphatic heterocycles. The summed E-state index contributed by atoms with van der Waals surface area (Å²) in [5.74, 6) is -0.231. The van der Waals surface area contributed by atoms with E-state index >= 15 is 0 Å². The summed E-state index contributed by atoms with van der Waals surface area (Å²) in [7, 11) is 1.46. The van der Waals surface area contributed by atoms with Gasteiger partial charge in [-0.15, -0.1) is 0 Å². The molecule has 0 saturated heterocycles. The highest BCUT2D eigenvalue weighted by Crippen LogP contribution is 2.29. The van der Waals surface area contributed by atoms with Gasteiger partial charge in [0.1, 0.15) is 0 Å². The first kappa shape index (κ1) is 21.1. The zero-order valence-electron chi connectivity index (χ0n) is 16.2. The van der Waals surface area contributed by atoms with Crippen molar-refractivity contribution in [1.82, 2.24) is 5.43 Å². The molecule has 7 heteroatoms. The number of amides is 1. The van der Waals surface area contributed by atoms with E-state index in [2.05, 4.69) is 10.5 Å². The lowest BCUT2D eigenvalue weighted by Crippen LogP contribution is -2.19. The number of halogens is 1. The van der Waals surface area contributed by atoms with Crippen molar-refractivity contribution in [2.24, 2.45) is 5.10 Å². The molecule has 0 aromatic heterocycles. The summed E-state index contributed by atoms with van der Waals surface area (Å²) in [4.78, 5) is 24.3. The van der Waals surface area contributed by atoms with Gasteiger partial charge in [0.15, 0.2) is 11.5 Å². The van der Waals surface area contributed by atoms with E-state index < -0.39 is 5.97 Å². The first-order valence-electron chi connectivity index (χ1n) is 9.07. The minimum absolute atomic E-state index is 0.227. The van der Waals surface area contributed by atoms with E-state index in [1.165, 1.54) is 13.3 Å². The molecule has 1 amide bonds. The standard InChI is InChI=1S/C23H19ClN2O4/c1-29-21-13-17(15-25-26-22(27)14-16-7-3-2-4-8-16)11-12-20(21)30-23(28)18-9-5-6-10-19(18)24/h2-13,15H,14H2,1H3,(H,26,27)/b25-15-. The molecule has 0 aliphatic carbocycles. The summed E-state index contributed by atoms with van der Waals surface area (Å²) < 4.78 is 10.7. The van der Waals surface area contributed by atoms with E-state index in [9.17, 15) is 9.59 Å². The molecule has 0 spiro atoms. The van der Waals surface area contributed by atoms with Crippen molar-refractivity contribution in [3.63, 3.8) is 0 Å². The summed E-state index contributed by atoms with van der Waals surface area (Å²) in [6.45, 7) is 0. The Kier molecular flexibility index (Phi) is 7.19. The van der Waals surface area contributed by atoms with Gasteiger partial charge in [0.25, 0.3) is 0 Å². The Morgan fingerprint density at radius 2 is 1.73 bits per heavy atom. The number of nitrogens with one attached hydrogen (secondary N) is 1. The molecule has 0 bridgehead atoms. The fraction of sp³-hybridized carbons (Fsp3) is 0.0870. The molecule has 0 fully saturated rings. The maximum absolute atomic E-state index is 12.3. The zero-order valence-corrected chi connectivity index (χ0v) is 16.9. The van der Waals surface area contributed by atoms with E-state index in [1.54, 1.807) is 42.5 Å². The third-order valence-corrected chi connectivity index (χ3v) is 4.42. The second-order valence-corrected chi connectivity index (χ2v) is 6.64. The number of esters is 1. The number of hydrazone groups is 1. The summed E-state index contributed by atoms with van der Waals surface area (Å²) in [5.41, 5.74) is 4.30. The molecule has 3 aromatic rings. The average molecular weight is 423 g/mol. The van der Waals surface area contributed by atoms with Gasteiger partial charge in [0.2, 0.25) is 5.91 Å². The maximum Gasteiger partial charge on any atom is 0.345 e. The minimum Gasteiger partial charge on any atom is -0.493 e. The molecule has 0 heterocycles. The summed E-state index contributed by atoms with van der Waals surface area (Å²) in [6, 6.07) is 20.9. The monoisotopic (exact) mass is 422 g/mol. The molecular weight excluding hydrogens is 404 g/mol. The van der Waals surface area contributed by atoms with Crippen LogP contribution in [-0.4, -0.2) is 25.2 Å². The Hall–Kier alpha value is -3.64. The quantitative estimate of drug-likeness (QED) is 0.267. The molecule has 0 atom stereocenters. The highest BCUT2D eigenvalue weighted by molar-refractivity contribution is 6.33. The second kappa shape index (κ2) is 10.2. The number of hydrogen-bond acceptors (Lipinski definition) is 5. The van der Waals surface area contributed by atoms with Crippen molar-refractivity contribution < 1.29 is 19.1 Å². The van der Waals surface area contributed by atoms with Crippen LogP contribution in [-0.2, 0) is 11.2 Å². The maximum atomic E-state index is 12.3. The number of ether oxygens (including phenoxy) is 2. The van der Waals surface area contributed by atoms with Crippen LogP contribution in [0.3, 0.4) is 0 Å². The Morgan fingerprint density at radius 1 is 1.00 bits per heavy atom. The van der Waals surface area contributed by atoms with Crippen molar-refractivity contribution in [1.29, 1.82) is 0 Å². The van der Waals surface area contributed by atoms with Crippen molar-refractivity contribution in [3.8, 4) is 11.5 Å². The van der Waals surface area contributed by atoms with Crippen LogP contribution in [0.15, 0.2) is 77.9 Å². The van der Waals surface area contributed by atoms with Crippen molar-refractivity contribution >= 4 is 29.7 Å². The molecular formula is C23H19ClN2O4. The normalized spacial score (nSPS) is 10.6. The highest BCUT2D eigenvalue weighted by Gasteiger charge is 2.15. The van der Waals surface area contributed by atoms with Gasteiger partial charge in [0, 0.05) is 0 Å². The van der Waals surface area contributed by atoms with Crippen molar-refractivity contribution in [3.05, 3.63) is 94.5 Å². The molecule has 3 aromatic carbocycles. The Balaban J connectivity index is 1.63. The molecule has 0 radical (unpaired) electrons. The van der Waals surface area contributed by atoms with Crippen LogP contribution < -0.4 is 14.9 Å². The van der Waals surface area contributed by atoms with E-state index in [4.69, 9.17) is 21.1 Å². The van der Waals surface area contributed by atoms with E-state index in [0.29, 0.717) is 16.3 Å². The van der Waals surface area contributed by atoms with Crippen LogP contribution in [0.2, 0.25) is 5.02 Å². The Morgan fingerprint density at radius 3 is 2.47 bits per heavy atom. The van der Waals surface area contributed by atoms with Crippen molar-refractivity contribution in [2.75, 3.05) is 7.11 Å². The third kappa shape index (κ3) is 5.68. The topological polar surface area (TPSA) is 77.0 Å². The molecule has 0 aliphatic rings. The molecule has 30 heavy (non-hydrogen) atoms. The fourth-order valence-corrected chi connectivity index (χ4v) is 2.84. The predicted octanol–water partition coefficient (Wildman–Crippen LogP) is 4.26. The number of methoxy groups -OCH3 is 1. The predicted molar refractivity (Wildman–Crippen MR) is 115 cm³/mol. The van der Waals surface area contributed by atoms with Gasteiger partial charge in [-0.3, -0.25) is 4.79 Å². The van der Waals surface area contributed by atoms with Gasteiger partial charge in [0.05, 0.1) is 30.3 Å². The van der Waals surface area contributed by atoms with Crippen LogP contribution in [0.5, 0.6) is 11.5 Å². The van der Waals surface area contributed by atoms with Gasteiger partial charge in [-0.05, 0) is 41.5 Å². The molecule has 6 nitrogen and oxygen atoms in total. The average Bonchev–Trinajstić information content (AvgIpc) is 2.75. The zero-order chi connectivity index (χ0) is 21.3. The van der Waals surface area contributed by atoms with Crippen LogP contribution in [0, 0.1) is 0 Å². The van der Waals surface area contributed by atoms with Crippen molar-refractivity contribution in [2.45, 2.75) is 6.42 Å². The van der Waals surface area contributed by atoms with Gasteiger partial charge in [-0.25, -0.2) is 10.2 Å². The fourth-order valence-electron chi connectivity index (χ4n) is 2.63. The number of rotatable bonds is 7. The molecule has 152 valence electrons. The van der Waals surface area contributed by atoms with Crippen LogP contribution in [0.25, 0.3) is 0 Å². The molecule has 1 N–H and O–H groups in total. The summed E-state index contributed by atoms with van der Waals surface area (Å²) in [5, 5.41) is 4.26. The molecule has 3 rings (SSSR count). The highest BCUT2D eigenvalue weighted by atomic mass is 35.5. The molecule has 0 saturated carbocycles. The van der Waals surface area contributed by atoms with E-state index in [0.717, 1.165) is 5.56 Å². The third-order valence-electron chi connectivity index (χ3n) is 4.09. The van der Waals surface area contributed by atoms with Crippen LogP contribution in [0.4, 0.5) is 0 Å². The molecule has 0 unspecified atom stereocenters. The summed E-state index contributed by atoms with van der Waals surface area (Å²) in [6.07, 6.45) is 1.71. The second-order valence-electron chi connectivity index (χ2n) is 6.24. The minimum atomic E-state index is -0.589. The van der Waals surface area contributed by atoms with Crippen LogP contribution in [0.1, 0.15) is 21.5 Å². The number of carbonyl (C=O) groups is 2. The Bertz CT molecular complexity index is 1070. The SMILES string of the molecule is COc1cc(/C=N\NC(=O)Cc2ccccc2)ccc1OC(=O)c1ccccc1Cl. The number of nitrogens with zero attached hydrogens (tertiary/aromatic N) is 1. The number of benzene rings is 3. The lowest BCUT2D eigenvalue weighted by molar-refractivity contribution is -0.120. The van der Waals surface area contributed by atoms with E-state index in [-0.39, 0.29) is 23.6 Å². The lowest BCUT2D eigenvalue weighted by atomic mass is 10.1. The largest absolute Gasteiger partial charge is 0.493 e. The van der Waals surface area contributed by atoms with Gasteiger partial charge >= 0.3 is 5.97 Å². The van der Waals surface area contributed by atoms with Crippen LogP contribution >= 0.6 is 11.6 Å². The number of hydrogen-bond donors (Lipinski definition) is 1. The lowest BCUT2D eigenvalue weighted by Gasteiger charge is -2.10. The van der Waals surface area contributed by atoms with Gasteiger partial charge < -0.3 is 9.47 Å². The smallest absolute Gasteiger partial charge is 0.345 e. The number of carbonyl (C=O) groups excluding carboxylic acids is 2. The van der Waals surface area contributed by atoms with Gasteiger partial charge in [-0.1, -0.05) is 54.1 Å². The first-order valence-corrected chi connectivity index (χ1v) is 9.45. The first-order chi connectivity index (χ1) is 14.6. The summed E-state index contributed by atoms with van der Waals surface area (Å²) >= 11 is 6.03. The Labute approximate surface area is 179 Å². The van der Waals surface area contributed by atoms with Gasteiger partial charge in [-0.2, -0.15) is 5.10 Å².